The Morgan fingerprint density at radius 3 is 2.00 bits per heavy atom. The fraction of sp³-hybridized carbons (Fsp3) is 0.302. The molecule has 0 saturated heterocycles. The lowest BCUT2D eigenvalue weighted by molar-refractivity contribution is 0.332. The van der Waals surface area contributed by atoms with Crippen molar-refractivity contribution >= 4 is 93.6 Å². The van der Waals surface area contributed by atoms with Crippen LogP contribution in [0.25, 0.3) is 81.8 Å². The molecule has 3 aromatic heterocycles. The number of rotatable bonds is 1. The number of thiophene rings is 1. The first-order valence-electron chi connectivity index (χ1n) is 25.0. The van der Waals surface area contributed by atoms with Gasteiger partial charge in [-0.15, -0.1) is 11.3 Å². The molecule has 0 spiro atoms. The highest BCUT2D eigenvalue weighted by Gasteiger charge is 2.50. The second-order valence-electron chi connectivity index (χ2n) is 24.8. The summed E-state index contributed by atoms with van der Waals surface area (Å²) in [6, 6.07) is 45.3. The highest BCUT2D eigenvalue weighted by Crippen LogP contribution is 2.58. The molecule has 5 heterocycles. The van der Waals surface area contributed by atoms with Crippen LogP contribution in [0.15, 0.2) is 120 Å². The lowest BCUT2D eigenvalue weighted by atomic mass is 9.46. The summed E-state index contributed by atoms with van der Waals surface area (Å²) >= 11 is 2.00. The van der Waals surface area contributed by atoms with Crippen molar-refractivity contribution in [2.45, 2.75) is 123 Å². The minimum atomic E-state index is -0.174. The van der Waals surface area contributed by atoms with Gasteiger partial charge in [0.25, 0.3) is 0 Å². The number of nitrogens with zero attached hydrogens (tertiary/aromatic N) is 2. The van der Waals surface area contributed by atoms with Gasteiger partial charge in [0.2, 0.25) is 0 Å². The molecule has 5 heteroatoms. The van der Waals surface area contributed by atoms with Crippen LogP contribution in [0.1, 0.15) is 129 Å². The molecule has 336 valence electrons. The minimum Gasteiger partial charge on any atom is -0.455 e. The summed E-state index contributed by atoms with van der Waals surface area (Å²) < 4.78 is 12.9. The molecular formula is C63H59BN2OS. The van der Waals surface area contributed by atoms with E-state index in [1.54, 1.807) is 0 Å². The zero-order valence-electron chi connectivity index (χ0n) is 41.7. The molecule has 0 fully saturated rings. The Morgan fingerprint density at radius 2 is 1.26 bits per heavy atom. The average Bonchev–Trinajstić information content (AvgIpc) is 4.03. The van der Waals surface area contributed by atoms with Crippen molar-refractivity contribution in [3.63, 3.8) is 0 Å². The molecule has 3 nitrogen and oxygen atoms in total. The molecule has 14 rings (SSSR count). The minimum absolute atomic E-state index is 0.0129. The van der Waals surface area contributed by atoms with Gasteiger partial charge in [-0.05, 0) is 145 Å². The molecule has 0 amide bonds. The van der Waals surface area contributed by atoms with Crippen LogP contribution in [0, 0.1) is 0 Å². The lowest BCUT2D eigenvalue weighted by Gasteiger charge is -2.42. The van der Waals surface area contributed by atoms with E-state index in [1.165, 1.54) is 126 Å². The molecular weight excluding hydrogens is 844 g/mol. The summed E-state index contributed by atoms with van der Waals surface area (Å²) in [5.74, 6) is 0. The third-order valence-electron chi connectivity index (χ3n) is 17.3. The van der Waals surface area contributed by atoms with Crippen LogP contribution in [0.2, 0.25) is 0 Å². The second kappa shape index (κ2) is 12.8. The largest absolute Gasteiger partial charge is 0.455 e. The molecule has 0 bridgehead atoms. The SMILES string of the molecule is CC(C)(C)c1ccc(N2B3c4sc5ccc(C(C)(C)C)cc5c4-n4c5cc6c(cc5c5c7oc8ccccc8c7c(c3c54)-c3cc4c(cc32)-c2ccccc2C4(C)C)C(C)(C)CCC6(C)C)cc1. The monoisotopic (exact) mass is 902 g/mol. The van der Waals surface area contributed by atoms with Gasteiger partial charge < -0.3 is 13.8 Å². The van der Waals surface area contributed by atoms with Crippen LogP contribution >= 0.6 is 11.3 Å². The third-order valence-corrected chi connectivity index (χ3v) is 18.5. The van der Waals surface area contributed by atoms with Crippen LogP contribution in [-0.2, 0) is 27.1 Å². The fourth-order valence-corrected chi connectivity index (χ4v) is 14.7. The summed E-state index contributed by atoms with van der Waals surface area (Å²) in [5.41, 5.74) is 23.4. The van der Waals surface area contributed by atoms with Gasteiger partial charge in [0, 0.05) is 53.4 Å². The first kappa shape index (κ1) is 41.0. The van der Waals surface area contributed by atoms with Gasteiger partial charge >= 0.3 is 6.85 Å². The first-order valence-corrected chi connectivity index (χ1v) is 25.8. The van der Waals surface area contributed by atoms with Crippen molar-refractivity contribution in [2.24, 2.45) is 0 Å². The van der Waals surface area contributed by atoms with Crippen molar-refractivity contribution < 1.29 is 4.42 Å². The molecule has 4 aliphatic rings. The average molecular weight is 903 g/mol. The summed E-state index contributed by atoms with van der Waals surface area (Å²) in [4.78, 5) is 2.75. The second-order valence-corrected chi connectivity index (χ2v) is 25.8. The zero-order valence-corrected chi connectivity index (χ0v) is 42.5. The quantitative estimate of drug-likeness (QED) is 0.153. The molecule has 0 N–H and O–H groups in total. The van der Waals surface area contributed by atoms with Crippen molar-refractivity contribution in [3.8, 4) is 27.9 Å². The maximum atomic E-state index is 7.40. The Bertz CT molecular complexity index is 3910. The van der Waals surface area contributed by atoms with Gasteiger partial charge in [0.15, 0.2) is 0 Å². The highest BCUT2D eigenvalue weighted by molar-refractivity contribution is 7.32. The van der Waals surface area contributed by atoms with Crippen molar-refractivity contribution in [1.82, 2.24) is 4.57 Å². The Balaban J connectivity index is 1.24. The van der Waals surface area contributed by atoms with E-state index >= 15 is 0 Å². The molecule has 7 aromatic carbocycles. The fourth-order valence-electron chi connectivity index (χ4n) is 13.4. The maximum absolute atomic E-state index is 7.40. The molecule has 68 heavy (non-hydrogen) atoms. The van der Waals surface area contributed by atoms with E-state index in [9.17, 15) is 0 Å². The van der Waals surface area contributed by atoms with E-state index in [4.69, 9.17) is 4.42 Å². The standard InChI is InChI=1S/C63H59BN2OS/c1-59(2,3)34-21-24-36(25-22-34)66-48-32-39-37-17-13-15-19-43(37)63(11,12)44(39)30-41(48)51-52-38-18-14-16-20-49(38)67-57(52)53-40-31-45-46(62(9,10)28-27-61(45,7)8)33-47(40)65-55-42-29-35(60(4,5)6)23-26-50(42)68-58(55)64(66)54(51)56(53)65/h13-26,29-33H,27-28H2,1-12H3. The smallest absolute Gasteiger partial charge is 0.343 e. The van der Waals surface area contributed by atoms with Crippen molar-refractivity contribution in [2.75, 3.05) is 4.81 Å². The van der Waals surface area contributed by atoms with Gasteiger partial charge in [-0.1, -0.05) is 144 Å². The number of hydrogen-bond acceptors (Lipinski definition) is 3. The number of fused-ring (bicyclic) bond motifs is 19. The summed E-state index contributed by atoms with van der Waals surface area (Å²) in [6.07, 6.45) is 2.32. The Morgan fingerprint density at radius 1 is 0.588 bits per heavy atom. The molecule has 0 unspecified atom stereocenters. The van der Waals surface area contributed by atoms with Gasteiger partial charge in [-0.3, -0.25) is 0 Å². The van der Waals surface area contributed by atoms with Gasteiger partial charge in [-0.25, -0.2) is 0 Å². The number of anilines is 2. The third kappa shape index (κ3) is 5.11. The molecule has 0 saturated carbocycles. The number of hydrogen-bond donors (Lipinski definition) is 0. The Kier molecular flexibility index (Phi) is 7.70. The Hall–Kier alpha value is -6.04. The first-order chi connectivity index (χ1) is 32.2. The van der Waals surface area contributed by atoms with E-state index in [0.717, 1.165) is 24.0 Å². The van der Waals surface area contributed by atoms with Crippen LogP contribution in [0.3, 0.4) is 0 Å². The van der Waals surface area contributed by atoms with E-state index in [1.807, 2.05) is 11.3 Å². The van der Waals surface area contributed by atoms with Gasteiger partial charge in [0.05, 0.1) is 22.1 Å². The van der Waals surface area contributed by atoms with Crippen LogP contribution in [0.4, 0.5) is 11.4 Å². The van der Waals surface area contributed by atoms with Gasteiger partial charge in [0.1, 0.15) is 11.2 Å². The summed E-state index contributed by atoms with van der Waals surface area (Å²) in [6.45, 7) is 28.6. The zero-order chi connectivity index (χ0) is 46.9. The van der Waals surface area contributed by atoms with E-state index in [-0.39, 0.29) is 33.9 Å². The molecule has 2 aliphatic heterocycles. The van der Waals surface area contributed by atoms with Crippen LogP contribution < -0.4 is 15.1 Å². The number of aromatic nitrogens is 1. The van der Waals surface area contributed by atoms with E-state index in [2.05, 4.69) is 208 Å². The Labute approximate surface area is 404 Å². The number of benzene rings is 7. The molecule has 0 radical (unpaired) electrons. The summed E-state index contributed by atoms with van der Waals surface area (Å²) in [7, 11) is 0. The lowest BCUT2D eigenvalue weighted by Crippen LogP contribution is -2.59. The highest BCUT2D eigenvalue weighted by atomic mass is 32.1. The predicted octanol–water partition coefficient (Wildman–Crippen LogP) is 16.4. The van der Waals surface area contributed by atoms with Crippen molar-refractivity contribution in [1.29, 1.82) is 0 Å². The normalized spacial score (nSPS) is 17.3. The van der Waals surface area contributed by atoms with Gasteiger partial charge in [-0.2, -0.15) is 0 Å². The predicted molar refractivity (Wildman–Crippen MR) is 293 cm³/mol. The van der Waals surface area contributed by atoms with E-state index < -0.39 is 0 Å². The topological polar surface area (TPSA) is 21.3 Å². The number of para-hydroxylation sites is 1. The summed E-state index contributed by atoms with van der Waals surface area (Å²) in [5, 5.41) is 6.30. The van der Waals surface area contributed by atoms with Crippen molar-refractivity contribution in [3.05, 3.63) is 149 Å². The number of furan rings is 1. The molecule has 10 aromatic rings. The van der Waals surface area contributed by atoms with Crippen LogP contribution in [0.5, 0.6) is 0 Å². The molecule has 2 aliphatic carbocycles. The van der Waals surface area contributed by atoms with E-state index in [0.29, 0.717) is 0 Å². The van der Waals surface area contributed by atoms with Crippen LogP contribution in [-0.4, -0.2) is 11.4 Å². The maximum Gasteiger partial charge on any atom is 0.343 e. The molecule has 0 atom stereocenters.